The summed E-state index contributed by atoms with van der Waals surface area (Å²) in [6, 6.07) is 0. The van der Waals surface area contributed by atoms with Gasteiger partial charge >= 0.3 is 0 Å². The predicted molar refractivity (Wildman–Crippen MR) is 78.7 cm³/mol. The van der Waals surface area contributed by atoms with Crippen LogP contribution >= 0.6 is 0 Å². The van der Waals surface area contributed by atoms with Gasteiger partial charge in [0.25, 0.3) is 0 Å². The number of aromatic nitrogens is 2. The minimum Gasteiger partial charge on any atom is -0.347 e. The molecule has 1 aromatic heterocycles. The molecule has 2 heterocycles. The maximum absolute atomic E-state index is 12.1. The van der Waals surface area contributed by atoms with Crippen molar-refractivity contribution < 1.29 is 14.2 Å². The zero-order chi connectivity index (χ0) is 16.1. The zero-order valence-corrected chi connectivity index (χ0v) is 13.3. The third-order valence-electron chi connectivity index (χ3n) is 3.78. The third kappa shape index (κ3) is 4.27. The van der Waals surface area contributed by atoms with Crippen molar-refractivity contribution in [2.24, 2.45) is 5.92 Å². The van der Waals surface area contributed by atoms with Crippen molar-refractivity contribution in [1.82, 2.24) is 25.4 Å². The fraction of sp³-hybridized carbons (Fsp3) is 0.714. The van der Waals surface area contributed by atoms with Crippen molar-refractivity contribution in [1.29, 1.82) is 0 Å². The Hall–Kier alpha value is -1.96. The Balaban J connectivity index is 1.73. The molecule has 1 aliphatic heterocycles. The molecule has 0 atom stereocenters. The van der Waals surface area contributed by atoms with Gasteiger partial charge in [0.05, 0.1) is 6.54 Å². The van der Waals surface area contributed by atoms with Crippen LogP contribution < -0.4 is 5.32 Å². The van der Waals surface area contributed by atoms with Crippen LogP contribution in [0.5, 0.6) is 0 Å². The van der Waals surface area contributed by atoms with Gasteiger partial charge in [0.15, 0.2) is 0 Å². The Kier molecular flexibility index (Phi) is 5.48. The Morgan fingerprint density at radius 3 is 2.45 bits per heavy atom. The molecule has 0 aromatic carbocycles. The summed E-state index contributed by atoms with van der Waals surface area (Å²) in [5.41, 5.74) is 1.64. The van der Waals surface area contributed by atoms with Crippen molar-refractivity contribution in [2.75, 3.05) is 32.7 Å². The van der Waals surface area contributed by atoms with E-state index in [1.165, 1.54) is 0 Å². The number of nitrogens with zero attached hydrogens (tertiary/aromatic N) is 4. The molecule has 2 rings (SSSR count). The van der Waals surface area contributed by atoms with Gasteiger partial charge in [-0.05, 0) is 6.92 Å². The molecule has 8 heteroatoms. The first-order valence-electron chi connectivity index (χ1n) is 7.53. The van der Waals surface area contributed by atoms with Gasteiger partial charge in [-0.1, -0.05) is 24.2 Å². The highest BCUT2D eigenvalue weighted by atomic mass is 16.6. The quantitative estimate of drug-likeness (QED) is 0.809. The van der Waals surface area contributed by atoms with Crippen LogP contribution in [0, 0.1) is 12.8 Å². The third-order valence-corrected chi connectivity index (χ3v) is 3.78. The largest absolute Gasteiger partial charge is 0.347 e. The first-order chi connectivity index (χ1) is 10.5. The number of carbonyl (C=O) groups is 2. The second-order valence-corrected chi connectivity index (χ2v) is 5.83. The molecular formula is C14H23N5O3. The summed E-state index contributed by atoms with van der Waals surface area (Å²) in [4.78, 5) is 27.5. The summed E-state index contributed by atoms with van der Waals surface area (Å²) >= 11 is 0. The fourth-order valence-corrected chi connectivity index (χ4v) is 2.24. The van der Waals surface area contributed by atoms with Crippen LogP contribution in [0.1, 0.15) is 25.2 Å². The summed E-state index contributed by atoms with van der Waals surface area (Å²) in [6.07, 6.45) is 0. The Morgan fingerprint density at radius 1 is 1.23 bits per heavy atom. The molecule has 0 spiro atoms. The van der Waals surface area contributed by atoms with Crippen LogP contribution in [0.2, 0.25) is 0 Å². The Labute approximate surface area is 129 Å². The maximum atomic E-state index is 12.1. The number of hydrogen-bond donors (Lipinski definition) is 1. The molecular weight excluding hydrogens is 286 g/mol. The van der Waals surface area contributed by atoms with Gasteiger partial charge in [-0.2, -0.15) is 0 Å². The number of carbonyl (C=O) groups excluding carboxylic acids is 2. The first kappa shape index (κ1) is 16.4. The number of amides is 2. The van der Waals surface area contributed by atoms with Crippen molar-refractivity contribution in [3.8, 4) is 0 Å². The van der Waals surface area contributed by atoms with Crippen LogP contribution in [0.3, 0.4) is 0 Å². The highest BCUT2D eigenvalue weighted by molar-refractivity contribution is 5.85. The van der Waals surface area contributed by atoms with Crippen molar-refractivity contribution in [3.63, 3.8) is 0 Å². The van der Waals surface area contributed by atoms with Gasteiger partial charge in [0.1, 0.15) is 11.4 Å². The van der Waals surface area contributed by atoms with Crippen molar-refractivity contribution >= 4 is 11.8 Å². The smallest absolute Gasteiger partial charge is 0.242 e. The molecule has 0 unspecified atom stereocenters. The molecule has 8 nitrogen and oxygen atoms in total. The van der Waals surface area contributed by atoms with Gasteiger partial charge in [-0.15, -0.1) is 0 Å². The van der Waals surface area contributed by atoms with Gasteiger partial charge < -0.3 is 10.2 Å². The van der Waals surface area contributed by atoms with Crippen LogP contribution in [0.15, 0.2) is 4.63 Å². The first-order valence-corrected chi connectivity index (χ1v) is 7.53. The molecule has 1 aliphatic rings. The molecule has 0 radical (unpaired) electrons. The molecule has 122 valence electrons. The predicted octanol–water partition coefficient (Wildman–Crippen LogP) is -0.206. The molecule has 1 fully saturated rings. The van der Waals surface area contributed by atoms with E-state index in [9.17, 15) is 9.59 Å². The van der Waals surface area contributed by atoms with E-state index in [2.05, 4.69) is 25.2 Å². The Morgan fingerprint density at radius 2 is 1.91 bits per heavy atom. The normalized spacial score (nSPS) is 16.1. The summed E-state index contributed by atoms with van der Waals surface area (Å²) in [7, 11) is 0. The minimum absolute atomic E-state index is 0.0343. The monoisotopic (exact) mass is 309 g/mol. The molecule has 1 saturated heterocycles. The minimum atomic E-state index is -0.107. The fourth-order valence-electron chi connectivity index (χ4n) is 2.24. The molecule has 22 heavy (non-hydrogen) atoms. The lowest BCUT2D eigenvalue weighted by molar-refractivity contribution is -0.135. The van der Waals surface area contributed by atoms with E-state index >= 15 is 0 Å². The van der Waals surface area contributed by atoms with Gasteiger partial charge in [-0.25, -0.2) is 4.63 Å². The second-order valence-electron chi connectivity index (χ2n) is 5.83. The lowest BCUT2D eigenvalue weighted by Crippen LogP contribution is -2.51. The van der Waals surface area contributed by atoms with E-state index in [0.29, 0.717) is 19.6 Å². The van der Waals surface area contributed by atoms with Gasteiger partial charge in [0.2, 0.25) is 11.8 Å². The second kappa shape index (κ2) is 7.35. The van der Waals surface area contributed by atoms with E-state index in [1.54, 1.807) is 18.7 Å². The highest BCUT2D eigenvalue weighted by Crippen LogP contribution is 2.09. The number of nitrogens with one attached hydrogen (secondary N) is 1. The van der Waals surface area contributed by atoms with Crippen molar-refractivity contribution in [3.05, 3.63) is 11.4 Å². The molecule has 0 aliphatic carbocycles. The van der Waals surface area contributed by atoms with Gasteiger partial charge in [0, 0.05) is 38.6 Å². The summed E-state index contributed by atoms with van der Waals surface area (Å²) in [6.45, 7) is 9.08. The summed E-state index contributed by atoms with van der Waals surface area (Å²) in [5, 5.41) is 10.3. The zero-order valence-electron chi connectivity index (χ0n) is 13.3. The molecule has 2 amide bonds. The van der Waals surface area contributed by atoms with E-state index < -0.39 is 0 Å². The molecule has 1 aromatic rings. The number of aryl methyl sites for hydroxylation is 1. The SMILES string of the molecule is Cc1nonc1CN1CCN(C(=O)CNC(=O)C(C)C)CC1. The average molecular weight is 309 g/mol. The van der Waals surface area contributed by atoms with E-state index in [1.807, 2.05) is 6.92 Å². The Bertz CT molecular complexity index is 520. The number of rotatable bonds is 5. The van der Waals surface area contributed by atoms with Crippen molar-refractivity contribution in [2.45, 2.75) is 27.3 Å². The topological polar surface area (TPSA) is 91.6 Å². The summed E-state index contributed by atoms with van der Waals surface area (Å²) in [5.74, 6) is -0.238. The van der Waals surface area contributed by atoms with Gasteiger partial charge in [-0.3, -0.25) is 14.5 Å². The van der Waals surface area contributed by atoms with Crippen LogP contribution in [0.25, 0.3) is 0 Å². The maximum Gasteiger partial charge on any atom is 0.242 e. The van der Waals surface area contributed by atoms with E-state index in [0.717, 1.165) is 24.5 Å². The van der Waals surface area contributed by atoms with Crippen LogP contribution in [-0.2, 0) is 16.1 Å². The van der Waals surface area contributed by atoms with Crippen LogP contribution in [0.4, 0.5) is 0 Å². The molecule has 0 bridgehead atoms. The molecule has 0 saturated carbocycles. The summed E-state index contributed by atoms with van der Waals surface area (Å²) < 4.78 is 4.69. The lowest BCUT2D eigenvalue weighted by Gasteiger charge is -2.34. The standard InChI is InChI=1S/C14H23N5O3/c1-10(2)14(21)15-8-13(20)19-6-4-18(5-7-19)9-12-11(3)16-22-17-12/h10H,4-9H2,1-3H3,(H,15,21). The van der Waals surface area contributed by atoms with Crippen LogP contribution in [-0.4, -0.2) is 64.7 Å². The number of hydrogen-bond acceptors (Lipinski definition) is 6. The number of piperazine rings is 1. The van der Waals surface area contributed by atoms with E-state index in [-0.39, 0.29) is 24.3 Å². The average Bonchev–Trinajstić information content (AvgIpc) is 2.90. The van der Waals surface area contributed by atoms with E-state index in [4.69, 9.17) is 0 Å². The highest BCUT2D eigenvalue weighted by Gasteiger charge is 2.22. The lowest BCUT2D eigenvalue weighted by atomic mass is 10.2. The molecule has 1 N–H and O–H groups in total.